The van der Waals surface area contributed by atoms with E-state index in [0.29, 0.717) is 5.41 Å². The van der Waals surface area contributed by atoms with E-state index in [-0.39, 0.29) is 0 Å². The summed E-state index contributed by atoms with van der Waals surface area (Å²) in [5, 5.41) is 3.70. The molecule has 19 heavy (non-hydrogen) atoms. The van der Waals surface area contributed by atoms with Gasteiger partial charge in [0.25, 0.3) is 0 Å². The van der Waals surface area contributed by atoms with Gasteiger partial charge in [-0.1, -0.05) is 60.3 Å². The van der Waals surface area contributed by atoms with Gasteiger partial charge in [0.05, 0.1) is 0 Å². The van der Waals surface area contributed by atoms with E-state index in [4.69, 9.17) is 0 Å². The topological polar surface area (TPSA) is 12.0 Å². The molecule has 0 aliphatic heterocycles. The molecule has 1 aliphatic carbocycles. The molecule has 0 saturated heterocycles. The second-order valence-electron chi connectivity index (χ2n) is 7.98. The Morgan fingerprint density at radius 2 is 1.89 bits per heavy atom. The van der Waals surface area contributed by atoms with Gasteiger partial charge in [-0.25, -0.2) is 0 Å². The van der Waals surface area contributed by atoms with Gasteiger partial charge >= 0.3 is 0 Å². The highest BCUT2D eigenvalue weighted by Gasteiger charge is 2.33. The lowest BCUT2D eigenvalue weighted by Crippen LogP contribution is -2.37. The Morgan fingerprint density at radius 3 is 2.53 bits per heavy atom. The first-order chi connectivity index (χ1) is 8.94. The largest absolute Gasteiger partial charge is 0.316 e. The van der Waals surface area contributed by atoms with Crippen molar-refractivity contribution < 1.29 is 0 Å². The molecule has 1 N–H and O–H groups in total. The van der Waals surface area contributed by atoms with Gasteiger partial charge in [-0.15, -0.1) is 0 Å². The number of hydrogen-bond donors (Lipinski definition) is 1. The van der Waals surface area contributed by atoms with E-state index in [0.717, 1.165) is 17.8 Å². The van der Waals surface area contributed by atoms with Crippen molar-refractivity contribution in [2.75, 3.05) is 13.1 Å². The molecule has 2 atom stereocenters. The molecule has 1 fully saturated rings. The first-order valence-electron chi connectivity index (χ1n) is 8.65. The molecule has 0 heterocycles. The molecule has 0 radical (unpaired) electrons. The summed E-state index contributed by atoms with van der Waals surface area (Å²) in [7, 11) is 0. The molecular weight excluding hydrogens is 230 g/mol. The van der Waals surface area contributed by atoms with Crippen molar-refractivity contribution >= 4 is 0 Å². The molecule has 1 nitrogen and oxygen atoms in total. The third-order valence-electron chi connectivity index (χ3n) is 4.81. The standard InChI is InChI=1S/C18H37N/c1-6-7-8-9-16-12-18(4,5)11-10-17(16)14-19-13-15(2)3/h15-17,19H,6-14H2,1-5H3. The third kappa shape index (κ3) is 6.79. The maximum Gasteiger partial charge on any atom is -0.00177 e. The Morgan fingerprint density at radius 1 is 1.16 bits per heavy atom. The van der Waals surface area contributed by atoms with Crippen LogP contribution in [0.25, 0.3) is 0 Å². The van der Waals surface area contributed by atoms with Crippen LogP contribution >= 0.6 is 0 Å². The Balaban J connectivity index is 2.41. The summed E-state index contributed by atoms with van der Waals surface area (Å²) >= 11 is 0. The zero-order chi connectivity index (χ0) is 14.3. The normalized spacial score (nSPS) is 26.8. The van der Waals surface area contributed by atoms with Crippen LogP contribution in [0.2, 0.25) is 0 Å². The van der Waals surface area contributed by atoms with Crippen molar-refractivity contribution in [1.29, 1.82) is 0 Å². The molecule has 0 aromatic heterocycles. The first-order valence-corrected chi connectivity index (χ1v) is 8.65. The molecule has 1 saturated carbocycles. The van der Waals surface area contributed by atoms with Crippen LogP contribution in [0.5, 0.6) is 0 Å². The van der Waals surface area contributed by atoms with Gasteiger partial charge in [0.1, 0.15) is 0 Å². The highest BCUT2D eigenvalue weighted by Crippen LogP contribution is 2.43. The Labute approximate surface area is 121 Å². The fraction of sp³-hybridized carbons (Fsp3) is 1.00. The molecule has 1 rings (SSSR count). The van der Waals surface area contributed by atoms with Gasteiger partial charge in [0.2, 0.25) is 0 Å². The molecular formula is C18H37N. The van der Waals surface area contributed by atoms with Crippen LogP contribution in [-0.4, -0.2) is 13.1 Å². The summed E-state index contributed by atoms with van der Waals surface area (Å²) < 4.78 is 0. The summed E-state index contributed by atoms with van der Waals surface area (Å²) in [6.45, 7) is 14.3. The Kier molecular flexibility index (Phi) is 7.42. The van der Waals surface area contributed by atoms with Crippen molar-refractivity contribution in [2.24, 2.45) is 23.2 Å². The molecule has 0 spiro atoms. The lowest BCUT2D eigenvalue weighted by atomic mass is 9.66. The van der Waals surface area contributed by atoms with Crippen molar-refractivity contribution in [2.45, 2.75) is 79.6 Å². The highest BCUT2D eigenvalue weighted by atomic mass is 14.9. The summed E-state index contributed by atoms with van der Waals surface area (Å²) in [6.07, 6.45) is 9.99. The molecule has 0 amide bonds. The van der Waals surface area contributed by atoms with Gasteiger partial charge in [-0.05, 0) is 55.5 Å². The second-order valence-corrected chi connectivity index (χ2v) is 7.98. The van der Waals surface area contributed by atoms with Crippen LogP contribution < -0.4 is 5.32 Å². The summed E-state index contributed by atoms with van der Waals surface area (Å²) in [6, 6.07) is 0. The second kappa shape index (κ2) is 8.29. The van der Waals surface area contributed by atoms with Gasteiger partial charge in [0, 0.05) is 0 Å². The molecule has 0 aromatic rings. The lowest BCUT2D eigenvalue weighted by molar-refractivity contribution is 0.107. The number of unbranched alkanes of at least 4 members (excludes halogenated alkanes) is 2. The van der Waals surface area contributed by atoms with Crippen molar-refractivity contribution in [3.63, 3.8) is 0 Å². The Bertz CT molecular complexity index is 232. The monoisotopic (exact) mass is 267 g/mol. The average Bonchev–Trinajstić information content (AvgIpc) is 2.31. The summed E-state index contributed by atoms with van der Waals surface area (Å²) in [5.41, 5.74) is 0.589. The minimum absolute atomic E-state index is 0.589. The molecule has 0 bridgehead atoms. The van der Waals surface area contributed by atoms with E-state index < -0.39 is 0 Å². The van der Waals surface area contributed by atoms with Crippen LogP contribution in [0.3, 0.4) is 0 Å². The van der Waals surface area contributed by atoms with E-state index in [1.807, 2.05) is 0 Å². The van der Waals surface area contributed by atoms with E-state index in [2.05, 4.69) is 39.9 Å². The van der Waals surface area contributed by atoms with E-state index in [9.17, 15) is 0 Å². The predicted molar refractivity (Wildman–Crippen MR) is 86.5 cm³/mol. The van der Waals surface area contributed by atoms with Gasteiger partial charge in [-0.2, -0.15) is 0 Å². The van der Waals surface area contributed by atoms with Crippen molar-refractivity contribution in [1.82, 2.24) is 5.32 Å². The van der Waals surface area contributed by atoms with Gasteiger partial charge < -0.3 is 5.32 Å². The SMILES string of the molecule is CCCCCC1CC(C)(C)CCC1CNCC(C)C. The minimum Gasteiger partial charge on any atom is -0.316 e. The molecule has 2 unspecified atom stereocenters. The van der Waals surface area contributed by atoms with Crippen LogP contribution in [0.1, 0.15) is 79.6 Å². The molecule has 0 aromatic carbocycles. The maximum atomic E-state index is 3.70. The number of hydrogen-bond acceptors (Lipinski definition) is 1. The lowest BCUT2D eigenvalue weighted by Gasteiger charge is -2.41. The van der Waals surface area contributed by atoms with Crippen molar-refractivity contribution in [3.05, 3.63) is 0 Å². The van der Waals surface area contributed by atoms with Crippen LogP contribution in [0, 0.1) is 23.2 Å². The fourth-order valence-corrected chi connectivity index (χ4v) is 3.61. The smallest absolute Gasteiger partial charge is 0.00177 e. The molecule has 114 valence electrons. The minimum atomic E-state index is 0.589. The zero-order valence-electron chi connectivity index (χ0n) is 14.1. The fourth-order valence-electron chi connectivity index (χ4n) is 3.61. The molecule has 1 heteroatoms. The van der Waals surface area contributed by atoms with Gasteiger partial charge in [-0.3, -0.25) is 0 Å². The average molecular weight is 268 g/mol. The maximum absolute atomic E-state index is 3.70. The van der Waals surface area contributed by atoms with Crippen LogP contribution in [0.15, 0.2) is 0 Å². The van der Waals surface area contributed by atoms with Crippen molar-refractivity contribution in [3.8, 4) is 0 Å². The predicted octanol–water partition coefficient (Wildman–Crippen LogP) is 5.25. The number of rotatable bonds is 8. The quantitative estimate of drug-likeness (QED) is 0.592. The highest BCUT2D eigenvalue weighted by molar-refractivity contribution is 4.86. The Hall–Kier alpha value is -0.0400. The molecule has 1 aliphatic rings. The number of nitrogens with one attached hydrogen (secondary N) is 1. The van der Waals surface area contributed by atoms with Gasteiger partial charge in [0.15, 0.2) is 0 Å². The zero-order valence-corrected chi connectivity index (χ0v) is 14.1. The first kappa shape index (κ1) is 17.0. The summed E-state index contributed by atoms with van der Waals surface area (Å²) in [4.78, 5) is 0. The van der Waals surface area contributed by atoms with Crippen LogP contribution in [-0.2, 0) is 0 Å². The summed E-state index contributed by atoms with van der Waals surface area (Å²) in [5.74, 6) is 2.68. The third-order valence-corrected chi connectivity index (χ3v) is 4.81. The van der Waals surface area contributed by atoms with E-state index in [1.165, 1.54) is 58.0 Å². The van der Waals surface area contributed by atoms with E-state index >= 15 is 0 Å². The van der Waals surface area contributed by atoms with Crippen LogP contribution in [0.4, 0.5) is 0 Å². The van der Waals surface area contributed by atoms with E-state index in [1.54, 1.807) is 0 Å².